The lowest BCUT2D eigenvalue weighted by molar-refractivity contribution is -0.141. The first-order valence-corrected chi connectivity index (χ1v) is 6.21. The van der Waals surface area contributed by atoms with Crippen LogP contribution in [0.5, 0.6) is 0 Å². The molecular formula is C13H17BrO2. The van der Waals surface area contributed by atoms with Crippen molar-refractivity contribution in [1.82, 2.24) is 0 Å². The van der Waals surface area contributed by atoms with Gasteiger partial charge >= 0.3 is 5.97 Å². The third kappa shape index (κ3) is 3.63. The molecule has 1 atom stereocenters. The lowest BCUT2D eigenvalue weighted by atomic mass is 9.96. The SMILES string of the molecule is CC(Cc1cc(Br)cc(C(C)C)c1)C(=O)O. The second-order valence-corrected chi connectivity index (χ2v) is 5.41. The summed E-state index contributed by atoms with van der Waals surface area (Å²) in [6.45, 7) is 6.00. The fourth-order valence-corrected chi connectivity index (χ4v) is 2.13. The predicted octanol–water partition coefficient (Wildman–Crippen LogP) is 3.84. The molecule has 0 aliphatic carbocycles. The average Bonchev–Trinajstić information content (AvgIpc) is 2.16. The van der Waals surface area contributed by atoms with E-state index in [1.54, 1.807) is 6.92 Å². The van der Waals surface area contributed by atoms with Gasteiger partial charge in [-0.25, -0.2) is 0 Å². The highest BCUT2D eigenvalue weighted by Gasteiger charge is 2.12. The molecule has 0 saturated carbocycles. The molecule has 0 amide bonds. The molecule has 0 saturated heterocycles. The van der Waals surface area contributed by atoms with Gasteiger partial charge < -0.3 is 5.11 Å². The minimum absolute atomic E-state index is 0.339. The Labute approximate surface area is 105 Å². The minimum atomic E-state index is -0.744. The van der Waals surface area contributed by atoms with E-state index >= 15 is 0 Å². The Balaban J connectivity index is 2.92. The molecule has 1 unspecified atom stereocenters. The molecule has 2 nitrogen and oxygen atoms in total. The summed E-state index contributed by atoms with van der Waals surface area (Å²) in [4.78, 5) is 10.8. The first-order chi connectivity index (χ1) is 7.40. The van der Waals surface area contributed by atoms with Crippen molar-refractivity contribution in [3.05, 3.63) is 33.8 Å². The maximum atomic E-state index is 10.8. The van der Waals surface area contributed by atoms with Crippen LogP contribution >= 0.6 is 15.9 Å². The van der Waals surface area contributed by atoms with Crippen LogP contribution in [0.15, 0.2) is 22.7 Å². The fourth-order valence-electron chi connectivity index (χ4n) is 1.57. The Morgan fingerprint density at radius 3 is 2.44 bits per heavy atom. The molecule has 1 aromatic rings. The summed E-state index contributed by atoms with van der Waals surface area (Å²) in [6.07, 6.45) is 0.578. The molecule has 1 N–H and O–H groups in total. The molecule has 0 spiro atoms. The summed E-state index contributed by atoms with van der Waals surface area (Å²) in [7, 11) is 0. The highest BCUT2D eigenvalue weighted by Crippen LogP contribution is 2.23. The number of hydrogen-bond donors (Lipinski definition) is 1. The van der Waals surface area contributed by atoms with Gasteiger partial charge in [-0.1, -0.05) is 42.8 Å². The zero-order chi connectivity index (χ0) is 12.3. The molecular weight excluding hydrogens is 268 g/mol. The van der Waals surface area contributed by atoms with Crippen molar-refractivity contribution in [3.8, 4) is 0 Å². The molecule has 16 heavy (non-hydrogen) atoms. The van der Waals surface area contributed by atoms with Crippen LogP contribution in [0.2, 0.25) is 0 Å². The molecule has 1 rings (SSSR count). The monoisotopic (exact) mass is 284 g/mol. The lowest BCUT2D eigenvalue weighted by Gasteiger charge is -2.11. The van der Waals surface area contributed by atoms with Crippen molar-refractivity contribution < 1.29 is 9.90 Å². The number of carboxylic acid groups (broad SMARTS) is 1. The highest BCUT2D eigenvalue weighted by atomic mass is 79.9. The van der Waals surface area contributed by atoms with E-state index in [2.05, 4.69) is 41.9 Å². The van der Waals surface area contributed by atoms with E-state index in [0.29, 0.717) is 12.3 Å². The zero-order valence-electron chi connectivity index (χ0n) is 9.83. The van der Waals surface area contributed by atoms with E-state index in [9.17, 15) is 4.79 Å². The summed E-state index contributed by atoms with van der Waals surface area (Å²) < 4.78 is 1.02. The van der Waals surface area contributed by atoms with E-state index in [-0.39, 0.29) is 5.92 Å². The van der Waals surface area contributed by atoms with Gasteiger partial charge in [-0.3, -0.25) is 4.79 Å². The second kappa shape index (κ2) is 5.48. The van der Waals surface area contributed by atoms with Crippen LogP contribution in [0.3, 0.4) is 0 Å². The van der Waals surface area contributed by atoms with Gasteiger partial charge in [-0.05, 0) is 35.6 Å². The molecule has 0 fully saturated rings. The van der Waals surface area contributed by atoms with Crippen LogP contribution in [-0.4, -0.2) is 11.1 Å². The van der Waals surface area contributed by atoms with E-state index in [1.165, 1.54) is 5.56 Å². The molecule has 0 aliphatic heterocycles. The smallest absolute Gasteiger partial charge is 0.306 e. The number of hydrogen-bond acceptors (Lipinski definition) is 1. The van der Waals surface area contributed by atoms with Crippen LogP contribution in [0, 0.1) is 5.92 Å². The Bertz CT molecular complexity index is 386. The number of halogens is 1. The summed E-state index contributed by atoms with van der Waals surface area (Å²) in [5.74, 6) is -0.628. The van der Waals surface area contributed by atoms with Crippen molar-refractivity contribution in [2.75, 3.05) is 0 Å². The van der Waals surface area contributed by atoms with E-state index in [1.807, 2.05) is 6.07 Å². The Morgan fingerprint density at radius 1 is 1.31 bits per heavy atom. The van der Waals surface area contributed by atoms with Gasteiger partial charge in [0, 0.05) is 4.47 Å². The van der Waals surface area contributed by atoms with Gasteiger partial charge in [-0.2, -0.15) is 0 Å². The lowest BCUT2D eigenvalue weighted by Crippen LogP contribution is -2.12. The standard InChI is InChI=1S/C13H17BrO2/c1-8(2)11-5-10(6-12(14)7-11)4-9(3)13(15)16/h5-9H,4H2,1-3H3,(H,15,16). The largest absolute Gasteiger partial charge is 0.481 e. The van der Waals surface area contributed by atoms with Gasteiger partial charge in [0.2, 0.25) is 0 Å². The van der Waals surface area contributed by atoms with Gasteiger partial charge in [0.25, 0.3) is 0 Å². The summed E-state index contributed by atoms with van der Waals surface area (Å²) >= 11 is 3.46. The van der Waals surface area contributed by atoms with Crippen LogP contribution in [-0.2, 0) is 11.2 Å². The normalized spacial score (nSPS) is 12.8. The van der Waals surface area contributed by atoms with Crippen LogP contribution < -0.4 is 0 Å². The third-order valence-corrected chi connectivity index (χ3v) is 3.07. The van der Waals surface area contributed by atoms with Crippen LogP contribution in [0.1, 0.15) is 37.8 Å². The number of carbonyl (C=O) groups is 1. The predicted molar refractivity (Wildman–Crippen MR) is 68.7 cm³/mol. The summed E-state index contributed by atoms with van der Waals surface area (Å²) in [5, 5.41) is 8.88. The molecule has 0 radical (unpaired) electrons. The Hall–Kier alpha value is -0.830. The molecule has 0 aliphatic rings. The highest BCUT2D eigenvalue weighted by molar-refractivity contribution is 9.10. The quantitative estimate of drug-likeness (QED) is 0.912. The fraction of sp³-hybridized carbons (Fsp3) is 0.462. The minimum Gasteiger partial charge on any atom is -0.481 e. The second-order valence-electron chi connectivity index (χ2n) is 4.49. The summed E-state index contributed by atoms with van der Waals surface area (Å²) in [5.41, 5.74) is 2.31. The number of rotatable bonds is 4. The van der Waals surface area contributed by atoms with Crippen molar-refractivity contribution >= 4 is 21.9 Å². The van der Waals surface area contributed by atoms with E-state index in [0.717, 1.165) is 10.0 Å². The Kier molecular flexibility index (Phi) is 4.54. The first kappa shape index (κ1) is 13.2. The summed E-state index contributed by atoms with van der Waals surface area (Å²) in [6, 6.07) is 6.17. The number of aliphatic carboxylic acids is 1. The first-order valence-electron chi connectivity index (χ1n) is 5.42. The van der Waals surface area contributed by atoms with Crippen LogP contribution in [0.4, 0.5) is 0 Å². The topological polar surface area (TPSA) is 37.3 Å². The maximum Gasteiger partial charge on any atom is 0.306 e. The van der Waals surface area contributed by atoms with E-state index < -0.39 is 5.97 Å². The van der Waals surface area contributed by atoms with Crippen molar-refractivity contribution in [2.45, 2.75) is 33.1 Å². The molecule has 0 heterocycles. The molecule has 88 valence electrons. The number of benzene rings is 1. The molecule has 3 heteroatoms. The van der Waals surface area contributed by atoms with Crippen molar-refractivity contribution in [2.24, 2.45) is 5.92 Å². The zero-order valence-corrected chi connectivity index (χ0v) is 11.4. The number of carboxylic acids is 1. The van der Waals surface area contributed by atoms with Crippen molar-refractivity contribution in [3.63, 3.8) is 0 Å². The van der Waals surface area contributed by atoms with Gasteiger partial charge in [0.1, 0.15) is 0 Å². The van der Waals surface area contributed by atoms with Gasteiger partial charge in [0.05, 0.1) is 5.92 Å². The van der Waals surface area contributed by atoms with Gasteiger partial charge in [-0.15, -0.1) is 0 Å². The van der Waals surface area contributed by atoms with E-state index in [4.69, 9.17) is 5.11 Å². The van der Waals surface area contributed by atoms with Crippen molar-refractivity contribution in [1.29, 1.82) is 0 Å². The molecule has 0 bridgehead atoms. The molecule has 1 aromatic carbocycles. The van der Waals surface area contributed by atoms with Crippen LogP contribution in [0.25, 0.3) is 0 Å². The Morgan fingerprint density at radius 2 is 1.94 bits per heavy atom. The third-order valence-electron chi connectivity index (χ3n) is 2.61. The van der Waals surface area contributed by atoms with Gasteiger partial charge in [0.15, 0.2) is 0 Å². The maximum absolute atomic E-state index is 10.8. The molecule has 0 aromatic heterocycles. The average molecular weight is 285 g/mol.